The Bertz CT molecular complexity index is 1040. The van der Waals surface area contributed by atoms with Crippen molar-refractivity contribution in [3.8, 4) is 11.1 Å². The molecule has 0 saturated carbocycles. The molecule has 144 valence electrons. The molecule has 2 aromatic heterocycles. The maximum atomic E-state index is 12.2. The fraction of sp³-hybridized carbons (Fsp3) is 0.150. The summed E-state index contributed by atoms with van der Waals surface area (Å²) in [5.74, 6) is -0.222. The van der Waals surface area contributed by atoms with E-state index in [0.717, 1.165) is 16.5 Å². The molecule has 8 nitrogen and oxygen atoms in total. The van der Waals surface area contributed by atoms with Gasteiger partial charge in [-0.3, -0.25) is 10.1 Å². The standard InChI is InChI=1S/C20H21N5O3/c1-25(2)9-5-8-18(26)24-17-7-4-3-6-14(17)16-12-22-19-15(16)10-13(11-21-19)23-20(27)28/h3-8,10-12,23H,9H2,1-2H3,(H,21,22)(H,24,26)(H,27,28)/b8-5+. The molecule has 2 heterocycles. The van der Waals surface area contributed by atoms with E-state index >= 15 is 0 Å². The number of carboxylic acid groups (broad SMARTS) is 1. The first-order valence-electron chi connectivity index (χ1n) is 8.63. The molecule has 3 aromatic rings. The molecule has 1 aromatic carbocycles. The average Bonchev–Trinajstić information content (AvgIpc) is 3.04. The van der Waals surface area contributed by atoms with Crippen molar-refractivity contribution >= 4 is 34.4 Å². The number of likely N-dealkylation sites (N-methyl/N-ethyl adjacent to an activating group) is 1. The van der Waals surface area contributed by atoms with E-state index < -0.39 is 6.09 Å². The van der Waals surface area contributed by atoms with Crippen LogP contribution in [0.4, 0.5) is 16.2 Å². The van der Waals surface area contributed by atoms with Gasteiger partial charge in [0.1, 0.15) is 5.65 Å². The van der Waals surface area contributed by atoms with Gasteiger partial charge in [-0.1, -0.05) is 24.3 Å². The number of nitrogens with zero attached hydrogens (tertiary/aromatic N) is 2. The van der Waals surface area contributed by atoms with Gasteiger partial charge in [0.05, 0.1) is 11.9 Å². The second-order valence-corrected chi connectivity index (χ2v) is 6.45. The molecule has 0 aliphatic rings. The van der Waals surface area contributed by atoms with Crippen LogP contribution in [0.1, 0.15) is 0 Å². The van der Waals surface area contributed by atoms with Crippen molar-refractivity contribution < 1.29 is 14.7 Å². The predicted molar refractivity (Wildman–Crippen MR) is 110 cm³/mol. The minimum atomic E-state index is -1.16. The Kier molecular flexibility index (Phi) is 5.71. The van der Waals surface area contributed by atoms with Crippen LogP contribution in [0.2, 0.25) is 0 Å². The van der Waals surface area contributed by atoms with Gasteiger partial charge in [0, 0.05) is 41.0 Å². The number of para-hydroxylation sites is 1. The summed E-state index contributed by atoms with van der Waals surface area (Å²) < 4.78 is 0. The second kappa shape index (κ2) is 8.36. The van der Waals surface area contributed by atoms with Crippen LogP contribution in [0.3, 0.4) is 0 Å². The Hall–Kier alpha value is -3.65. The zero-order valence-corrected chi connectivity index (χ0v) is 15.6. The third kappa shape index (κ3) is 4.54. The summed E-state index contributed by atoms with van der Waals surface area (Å²) in [5.41, 5.74) is 3.26. The van der Waals surface area contributed by atoms with Crippen LogP contribution in [0.15, 0.2) is 54.9 Å². The lowest BCUT2D eigenvalue weighted by Gasteiger charge is -2.10. The van der Waals surface area contributed by atoms with E-state index in [2.05, 4.69) is 20.6 Å². The minimum Gasteiger partial charge on any atom is -0.465 e. The van der Waals surface area contributed by atoms with Gasteiger partial charge in [0.15, 0.2) is 0 Å². The number of carbonyl (C=O) groups is 2. The molecule has 0 aliphatic carbocycles. The van der Waals surface area contributed by atoms with Crippen molar-refractivity contribution in [2.75, 3.05) is 31.3 Å². The number of aromatic nitrogens is 2. The monoisotopic (exact) mass is 379 g/mol. The van der Waals surface area contributed by atoms with Crippen LogP contribution in [-0.4, -0.2) is 52.6 Å². The zero-order chi connectivity index (χ0) is 20.1. The van der Waals surface area contributed by atoms with Crippen molar-refractivity contribution in [1.29, 1.82) is 0 Å². The molecule has 0 saturated heterocycles. The Balaban J connectivity index is 1.93. The van der Waals surface area contributed by atoms with E-state index in [4.69, 9.17) is 5.11 Å². The Morgan fingerprint density at radius 1 is 1.21 bits per heavy atom. The molecule has 28 heavy (non-hydrogen) atoms. The molecule has 0 aliphatic heterocycles. The summed E-state index contributed by atoms with van der Waals surface area (Å²) in [4.78, 5) is 32.4. The van der Waals surface area contributed by atoms with Crippen LogP contribution in [0, 0.1) is 0 Å². The van der Waals surface area contributed by atoms with Crippen LogP contribution in [0.5, 0.6) is 0 Å². The van der Waals surface area contributed by atoms with E-state index in [1.807, 2.05) is 43.3 Å². The third-order valence-corrected chi connectivity index (χ3v) is 4.00. The quantitative estimate of drug-likeness (QED) is 0.491. The van der Waals surface area contributed by atoms with Crippen molar-refractivity contribution in [1.82, 2.24) is 14.9 Å². The highest BCUT2D eigenvalue weighted by Gasteiger charge is 2.13. The van der Waals surface area contributed by atoms with Crippen LogP contribution >= 0.6 is 0 Å². The van der Waals surface area contributed by atoms with Crippen LogP contribution in [-0.2, 0) is 4.79 Å². The predicted octanol–water partition coefficient (Wildman–Crippen LogP) is 3.38. The number of pyridine rings is 1. The lowest BCUT2D eigenvalue weighted by molar-refractivity contribution is -0.111. The van der Waals surface area contributed by atoms with Gasteiger partial charge in [-0.2, -0.15) is 0 Å². The van der Waals surface area contributed by atoms with Gasteiger partial charge < -0.3 is 20.3 Å². The highest BCUT2D eigenvalue weighted by atomic mass is 16.4. The molecule has 3 rings (SSSR count). The normalized spacial score (nSPS) is 11.2. The highest BCUT2D eigenvalue weighted by Crippen LogP contribution is 2.34. The number of amides is 2. The van der Waals surface area contributed by atoms with Gasteiger partial charge in [0.25, 0.3) is 0 Å². The highest BCUT2D eigenvalue weighted by molar-refractivity contribution is 6.05. The Morgan fingerprint density at radius 3 is 2.75 bits per heavy atom. The summed E-state index contributed by atoms with van der Waals surface area (Å²) in [5, 5.41) is 14.9. The molecule has 0 fully saturated rings. The lowest BCUT2D eigenvalue weighted by Crippen LogP contribution is -2.13. The summed E-state index contributed by atoms with van der Waals surface area (Å²) in [6.07, 6.45) is 5.37. The first-order valence-corrected chi connectivity index (χ1v) is 8.63. The summed E-state index contributed by atoms with van der Waals surface area (Å²) in [7, 11) is 3.85. The number of hydrogen-bond acceptors (Lipinski definition) is 4. The van der Waals surface area contributed by atoms with Gasteiger partial charge in [-0.05, 0) is 26.2 Å². The first-order chi connectivity index (χ1) is 13.4. The molecular formula is C20H21N5O3. The number of H-pyrrole nitrogens is 1. The molecule has 0 spiro atoms. The topological polar surface area (TPSA) is 110 Å². The van der Waals surface area contributed by atoms with E-state index in [1.54, 1.807) is 18.3 Å². The largest absolute Gasteiger partial charge is 0.465 e. The van der Waals surface area contributed by atoms with Gasteiger partial charge >= 0.3 is 6.09 Å². The van der Waals surface area contributed by atoms with Crippen LogP contribution in [0.25, 0.3) is 22.2 Å². The van der Waals surface area contributed by atoms with E-state index in [-0.39, 0.29) is 5.91 Å². The van der Waals surface area contributed by atoms with Crippen molar-refractivity contribution in [3.05, 3.63) is 54.9 Å². The second-order valence-electron chi connectivity index (χ2n) is 6.45. The number of anilines is 2. The van der Waals surface area contributed by atoms with E-state index in [9.17, 15) is 9.59 Å². The number of carbonyl (C=O) groups excluding carboxylic acids is 1. The van der Waals surface area contributed by atoms with E-state index in [1.165, 1.54) is 12.3 Å². The molecule has 0 radical (unpaired) electrons. The van der Waals surface area contributed by atoms with Gasteiger partial charge in [0.2, 0.25) is 5.91 Å². The van der Waals surface area contributed by atoms with Crippen molar-refractivity contribution in [3.63, 3.8) is 0 Å². The number of benzene rings is 1. The van der Waals surface area contributed by atoms with Gasteiger partial charge in [-0.25, -0.2) is 9.78 Å². The minimum absolute atomic E-state index is 0.222. The summed E-state index contributed by atoms with van der Waals surface area (Å²) in [6.45, 7) is 0.669. The Labute approximate surface area is 161 Å². The molecule has 0 bridgehead atoms. The lowest BCUT2D eigenvalue weighted by atomic mass is 10.0. The fourth-order valence-corrected chi connectivity index (χ4v) is 2.79. The van der Waals surface area contributed by atoms with E-state index in [0.29, 0.717) is 23.6 Å². The maximum absolute atomic E-state index is 12.2. The number of nitrogens with one attached hydrogen (secondary N) is 3. The zero-order valence-electron chi connectivity index (χ0n) is 15.6. The molecule has 0 atom stereocenters. The van der Waals surface area contributed by atoms with Crippen molar-refractivity contribution in [2.24, 2.45) is 0 Å². The fourth-order valence-electron chi connectivity index (χ4n) is 2.79. The summed E-state index contributed by atoms with van der Waals surface area (Å²) in [6, 6.07) is 9.13. The number of hydrogen-bond donors (Lipinski definition) is 4. The SMILES string of the molecule is CN(C)C/C=C/C(=O)Nc1ccccc1-c1c[nH]c2ncc(NC(=O)O)cc12. The Morgan fingerprint density at radius 2 is 2.00 bits per heavy atom. The number of aromatic amines is 1. The first kappa shape index (κ1) is 19.1. The number of fused-ring (bicyclic) bond motifs is 1. The van der Waals surface area contributed by atoms with Crippen LogP contribution < -0.4 is 10.6 Å². The molecular weight excluding hydrogens is 358 g/mol. The molecule has 8 heteroatoms. The average molecular weight is 379 g/mol. The smallest absolute Gasteiger partial charge is 0.409 e. The van der Waals surface area contributed by atoms with Crippen molar-refractivity contribution in [2.45, 2.75) is 0 Å². The molecule has 2 amide bonds. The molecule has 4 N–H and O–H groups in total. The summed E-state index contributed by atoms with van der Waals surface area (Å²) >= 11 is 0. The third-order valence-electron chi connectivity index (χ3n) is 4.00. The number of rotatable bonds is 6. The maximum Gasteiger partial charge on any atom is 0.409 e. The molecule has 0 unspecified atom stereocenters. The van der Waals surface area contributed by atoms with Gasteiger partial charge in [-0.15, -0.1) is 0 Å².